The predicted octanol–water partition coefficient (Wildman–Crippen LogP) is -1.46. The van der Waals surface area contributed by atoms with Crippen LogP contribution in [0.25, 0.3) is 0 Å². The van der Waals surface area contributed by atoms with Crippen LogP contribution in [0.15, 0.2) is 0 Å². The molecule has 9 nitrogen and oxygen atoms in total. The van der Waals surface area contributed by atoms with Gasteiger partial charge in [-0.05, 0) is 25.3 Å². The van der Waals surface area contributed by atoms with E-state index in [2.05, 4.69) is 10.6 Å². The summed E-state index contributed by atoms with van der Waals surface area (Å²) in [6.07, 6.45) is 2.38. The highest BCUT2D eigenvalue weighted by Crippen LogP contribution is 2.08. The number of carbonyl (C=O) groups is 3. The number of aliphatic hydroxyl groups excluding tert-OH is 1. The fraction of sp³-hybridized carbons (Fsp3) is 0.800. The normalized spacial score (nSPS) is 15.9. The molecule has 0 rings (SSSR count). The molecular weight excluding hydrogens is 316 g/mol. The molecule has 8 N–H and O–H groups in total. The number of nitrogens with two attached hydrogens (primary N) is 2. The third kappa shape index (κ3) is 7.71. The van der Waals surface area contributed by atoms with Crippen LogP contribution in [0.2, 0.25) is 0 Å². The Bertz CT molecular complexity index is 419. The molecule has 140 valence electrons. The van der Waals surface area contributed by atoms with E-state index in [1.807, 2.05) is 0 Å². The molecule has 0 aromatic heterocycles. The summed E-state index contributed by atoms with van der Waals surface area (Å²) in [6, 6.07) is -3.15. The Balaban J connectivity index is 4.68. The molecule has 0 heterocycles. The molecule has 0 fully saturated rings. The van der Waals surface area contributed by atoms with Crippen LogP contribution < -0.4 is 22.1 Å². The molecule has 0 aliphatic rings. The van der Waals surface area contributed by atoms with Crippen LogP contribution >= 0.6 is 0 Å². The number of hydrogen-bond acceptors (Lipinski definition) is 6. The lowest BCUT2D eigenvalue weighted by Gasteiger charge is -2.24. The highest BCUT2D eigenvalue weighted by Gasteiger charge is 2.29. The van der Waals surface area contributed by atoms with Gasteiger partial charge in [0.25, 0.3) is 0 Å². The van der Waals surface area contributed by atoms with Crippen LogP contribution in [0.3, 0.4) is 0 Å². The molecule has 0 radical (unpaired) electrons. The van der Waals surface area contributed by atoms with E-state index in [1.54, 1.807) is 13.8 Å². The number of nitrogens with one attached hydrogen (secondary N) is 2. The molecular formula is C15H30N4O5. The van der Waals surface area contributed by atoms with Gasteiger partial charge >= 0.3 is 5.97 Å². The maximum Gasteiger partial charge on any atom is 0.326 e. The summed E-state index contributed by atoms with van der Waals surface area (Å²) >= 11 is 0. The minimum atomic E-state index is -1.25. The highest BCUT2D eigenvalue weighted by atomic mass is 16.4. The first-order chi connectivity index (χ1) is 11.3. The topological polar surface area (TPSA) is 168 Å². The Labute approximate surface area is 142 Å². The largest absolute Gasteiger partial charge is 0.480 e. The molecule has 9 heteroatoms. The molecule has 24 heavy (non-hydrogen) atoms. The molecule has 0 bridgehead atoms. The number of amides is 2. The molecule has 0 aromatic rings. The van der Waals surface area contributed by atoms with Gasteiger partial charge in [-0.25, -0.2) is 4.79 Å². The van der Waals surface area contributed by atoms with E-state index >= 15 is 0 Å². The van der Waals surface area contributed by atoms with Crippen LogP contribution in [0.1, 0.15) is 39.5 Å². The molecule has 0 aliphatic heterocycles. The summed E-state index contributed by atoms with van der Waals surface area (Å²) in [4.78, 5) is 35.3. The lowest BCUT2D eigenvalue weighted by molar-refractivity contribution is -0.144. The monoisotopic (exact) mass is 346 g/mol. The molecule has 4 atom stereocenters. The Morgan fingerprint density at radius 2 is 1.75 bits per heavy atom. The average Bonchev–Trinajstić information content (AvgIpc) is 2.55. The van der Waals surface area contributed by atoms with Gasteiger partial charge in [-0.15, -0.1) is 0 Å². The van der Waals surface area contributed by atoms with Crippen molar-refractivity contribution in [2.75, 3.05) is 13.2 Å². The minimum Gasteiger partial charge on any atom is -0.480 e. The summed E-state index contributed by atoms with van der Waals surface area (Å²) in [5, 5.41) is 23.2. The van der Waals surface area contributed by atoms with Gasteiger partial charge in [0, 0.05) is 0 Å². The van der Waals surface area contributed by atoms with E-state index in [1.165, 1.54) is 0 Å². The summed E-state index contributed by atoms with van der Waals surface area (Å²) in [6.45, 7) is 3.35. The molecule has 0 unspecified atom stereocenters. The quantitative estimate of drug-likeness (QED) is 0.235. The second-order valence-corrected chi connectivity index (χ2v) is 5.84. The standard InChI is InChI=1S/C15H30N4O5/c1-3-9(2)12(15(23)24)19-14(22)11(8-20)18-13(21)10(17)6-4-5-7-16/h9-12,20H,3-8,16-17H2,1-2H3,(H,18,21)(H,19,22)(H,23,24)/t9-,10-,11-,12-/m0/s1. The average molecular weight is 346 g/mol. The predicted molar refractivity (Wildman–Crippen MR) is 88.9 cm³/mol. The van der Waals surface area contributed by atoms with E-state index in [0.29, 0.717) is 25.8 Å². The summed E-state index contributed by atoms with van der Waals surface area (Å²) in [5.41, 5.74) is 11.1. The van der Waals surface area contributed by atoms with E-state index < -0.39 is 42.5 Å². The van der Waals surface area contributed by atoms with Crippen molar-refractivity contribution >= 4 is 17.8 Å². The summed E-state index contributed by atoms with van der Waals surface area (Å²) in [7, 11) is 0. The Morgan fingerprint density at radius 3 is 2.21 bits per heavy atom. The fourth-order valence-corrected chi connectivity index (χ4v) is 2.05. The maximum atomic E-state index is 12.1. The first-order valence-electron chi connectivity index (χ1n) is 8.18. The fourth-order valence-electron chi connectivity index (χ4n) is 2.05. The van der Waals surface area contributed by atoms with Gasteiger partial charge in [0.05, 0.1) is 12.6 Å². The first kappa shape index (κ1) is 22.3. The highest BCUT2D eigenvalue weighted by molar-refractivity contribution is 5.91. The van der Waals surface area contributed by atoms with Crippen LogP contribution in [0.4, 0.5) is 0 Å². The van der Waals surface area contributed by atoms with Crippen molar-refractivity contribution in [3.8, 4) is 0 Å². The number of carboxylic acids is 1. The van der Waals surface area contributed by atoms with Crippen molar-refractivity contribution in [2.45, 2.75) is 57.7 Å². The lowest BCUT2D eigenvalue weighted by atomic mass is 9.99. The number of carbonyl (C=O) groups excluding carboxylic acids is 2. The van der Waals surface area contributed by atoms with Crippen molar-refractivity contribution in [3.05, 3.63) is 0 Å². The number of aliphatic carboxylic acids is 1. The van der Waals surface area contributed by atoms with Gasteiger partial charge in [-0.2, -0.15) is 0 Å². The number of rotatable bonds is 12. The van der Waals surface area contributed by atoms with Crippen LogP contribution in [-0.4, -0.2) is 59.3 Å². The lowest BCUT2D eigenvalue weighted by Crippen LogP contribution is -2.56. The molecule has 0 saturated heterocycles. The zero-order chi connectivity index (χ0) is 18.7. The van der Waals surface area contributed by atoms with Crippen LogP contribution in [0.5, 0.6) is 0 Å². The first-order valence-corrected chi connectivity index (χ1v) is 8.18. The molecule has 0 aliphatic carbocycles. The Kier molecular flexibility index (Phi) is 10.9. The maximum absolute atomic E-state index is 12.1. The van der Waals surface area contributed by atoms with E-state index in [9.17, 15) is 24.6 Å². The van der Waals surface area contributed by atoms with Crippen molar-refractivity contribution < 1.29 is 24.6 Å². The second kappa shape index (κ2) is 11.8. The number of carboxylic acid groups (broad SMARTS) is 1. The van der Waals surface area contributed by atoms with Crippen LogP contribution in [-0.2, 0) is 14.4 Å². The van der Waals surface area contributed by atoms with Crippen molar-refractivity contribution in [3.63, 3.8) is 0 Å². The van der Waals surface area contributed by atoms with Crippen molar-refractivity contribution in [1.82, 2.24) is 10.6 Å². The van der Waals surface area contributed by atoms with E-state index in [-0.39, 0.29) is 5.92 Å². The molecule has 0 aromatic carbocycles. The third-order valence-electron chi connectivity index (χ3n) is 3.90. The summed E-state index contributed by atoms with van der Waals surface area (Å²) in [5.74, 6) is -2.79. The summed E-state index contributed by atoms with van der Waals surface area (Å²) < 4.78 is 0. The number of unbranched alkanes of at least 4 members (excludes halogenated alkanes) is 1. The van der Waals surface area contributed by atoms with E-state index in [4.69, 9.17) is 11.5 Å². The van der Waals surface area contributed by atoms with Crippen molar-refractivity contribution in [2.24, 2.45) is 17.4 Å². The van der Waals surface area contributed by atoms with Gasteiger partial charge in [0.15, 0.2) is 0 Å². The van der Waals surface area contributed by atoms with E-state index in [0.717, 1.165) is 6.42 Å². The van der Waals surface area contributed by atoms with Gasteiger partial charge in [0.2, 0.25) is 11.8 Å². The minimum absolute atomic E-state index is 0.292. The Hall–Kier alpha value is -1.71. The third-order valence-corrected chi connectivity index (χ3v) is 3.90. The Morgan fingerprint density at radius 1 is 1.12 bits per heavy atom. The second-order valence-electron chi connectivity index (χ2n) is 5.84. The SMILES string of the molecule is CC[C@H](C)[C@H](NC(=O)[C@H](CO)NC(=O)[C@@H](N)CCCCN)C(=O)O. The van der Waals surface area contributed by atoms with Gasteiger partial charge in [0.1, 0.15) is 12.1 Å². The molecule has 2 amide bonds. The van der Waals surface area contributed by atoms with Crippen molar-refractivity contribution in [1.29, 1.82) is 0 Å². The van der Waals surface area contributed by atoms with Gasteiger partial charge in [-0.1, -0.05) is 26.7 Å². The van der Waals surface area contributed by atoms with Crippen LogP contribution in [0, 0.1) is 5.92 Å². The zero-order valence-electron chi connectivity index (χ0n) is 14.3. The number of aliphatic hydroxyl groups is 1. The molecule has 0 spiro atoms. The smallest absolute Gasteiger partial charge is 0.326 e. The van der Waals surface area contributed by atoms with Gasteiger partial charge < -0.3 is 32.3 Å². The number of hydrogen-bond donors (Lipinski definition) is 6. The van der Waals surface area contributed by atoms with Gasteiger partial charge in [-0.3, -0.25) is 9.59 Å². The molecule has 0 saturated carbocycles. The zero-order valence-corrected chi connectivity index (χ0v) is 14.3.